The van der Waals surface area contributed by atoms with Crippen LogP contribution in [0.3, 0.4) is 0 Å². The number of benzene rings is 1. The van der Waals surface area contributed by atoms with E-state index in [1.54, 1.807) is 0 Å². The van der Waals surface area contributed by atoms with Crippen molar-refractivity contribution in [3.8, 4) is 11.5 Å². The van der Waals surface area contributed by atoms with Gasteiger partial charge in [-0.2, -0.15) is 0 Å². The summed E-state index contributed by atoms with van der Waals surface area (Å²) < 4.78 is 12.8. The second-order valence-corrected chi connectivity index (χ2v) is 3.04. The Morgan fingerprint density at radius 2 is 1.92 bits per heavy atom. The molecular weight excluding hydrogens is 231 g/mol. The topological polar surface area (TPSA) is 60.7 Å². The summed E-state index contributed by atoms with van der Waals surface area (Å²) in [4.78, 5) is 0. The molecule has 3 N–H and O–H groups in total. The summed E-state index contributed by atoms with van der Waals surface area (Å²) in [5, 5.41) is 26.6. The van der Waals surface area contributed by atoms with Gasteiger partial charge in [0.15, 0.2) is 17.3 Å². The van der Waals surface area contributed by atoms with E-state index in [1.165, 1.54) is 6.07 Å². The molecular formula is C7H6BrFO3. The summed E-state index contributed by atoms with van der Waals surface area (Å²) in [6.07, 6.45) is 0. The van der Waals surface area contributed by atoms with Crippen LogP contribution in [0.4, 0.5) is 4.39 Å². The average molecular weight is 237 g/mol. The first kappa shape index (κ1) is 9.28. The lowest BCUT2D eigenvalue weighted by Crippen LogP contribution is -1.88. The Hall–Kier alpha value is -0.810. The molecule has 0 heterocycles. The maximum Gasteiger partial charge on any atom is 0.195 e. The summed E-state index contributed by atoms with van der Waals surface area (Å²) >= 11 is 2.81. The zero-order chi connectivity index (χ0) is 9.30. The van der Waals surface area contributed by atoms with Crippen molar-refractivity contribution in [3.05, 3.63) is 21.9 Å². The van der Waals surface area contributed by atoms with Gasteiger partial charge >= 0.3 is 0 Å². The van der Waals surface area contributed by atoms with E-state index in [0.717, 1.165) is 0 Å². The van der Waals surface area contributed by atoms with Crippen LogP contribution in [0, 0.1) is 5.82 Å². The minimum atomic E-state index is -0.940. The highest BCUT2D eigenvalue weighted by Crippen LogP contribution is 2.36. The zero-order valence-electron chi connectivity index (χ0n) is 5.88. The Balaban J connectivity index is 3.39. The van der Waals surface area contributed by atoms with Crippen molar-refractivity contribution >= 4 is 15.9 Å². The van der Waals surface area contributed by atoms with Crippen LogP contribution < -0.4 is 0 Å². The number of aliphatic hydroxyl groups is 1. The predicted octanol–water partition coefficient (Wildman–Crippen LogP) is 1.49. The number of halogens is 2. The van der Waals surface area contributed by atoms with Crippen molar-refractivity contribution in [2.24, 2.45) is 0 Å². The highest BCUT2D eigenvalue weighted by atomic mass is 79.9. The maximum atomic E-state index is 12.8. The molecule has 0 amide bonds. The van der Waals surface area contributed by atoms with E-state index < -0.39 is 23.9 Å². The minimum Gasteiger partial charge on any atom is -0.504 e. The van der Waals surface area contributed by atoms with Crippen molar-refractivity contribution in [2.75, 3.05) is 0 Å². The zero-order valence-corrected chi connectivity index (χ0v) is 7.47. The summed E-state index contributed by atoms with van der Waals surface area (Å²) in [6, 6.07) is 1.20. The fraction of sp³-hybridized carbons (Fsp3) is 0.143. The molecule has 5 heteroatoms. The lowest BCUT2D eigenvalue weighted by atomic mass is 10.2. The molecule has 0 spiro atoms. The van der Waals surface area contributed by atoms with Gasteiger partial charge in [-0.25, -0.2) is 4.39 Å². The molecule has 66 valence electrons. The Morgan fingerprint density at radius 1 is 1.33 bits per heavy atom. The SMILES string of the molecule is OCc1cc(Br)c(F)c(O)c1O. The van der Waals surface area contributed by atoms with Gasteiger partial charge in [-0.1, -0.05) is 0 Å². The van der Waals surface area contributed by atoms with E-state index in [4.69, 9.17) is 15.3 Å². The van der Waals surface area contributed by atoms with E-state index in [9.17, 15) is 4.39 Å². The standard InChI is InChI=1S/C7H6BrFO3/c8-4-1-3(2-10)6(11)7(12)5(4)9/h1,10-12H,2H2. The molecule has 3 nitrogen and oxygen atoms in total. The first-order valence-corrected chi connectivity index (χ1v) is 3.87. The van der Waals surface area contributed by atoms with E-state index >= 15 is 0 Å². The number of aliphatic hydroxyl groups excluding tert-OH is 1. The second-order valence-electron chi connectivity index (χ2n) is 2.19. The molecule has 0 fully saturated rings. The van der Waals surface area contributed by atoms with Crippen molar-refractivity contribution in [1.82, 2.24) is 0 Å². The number of hydrogen-bond donors (Lipinski definition) is 3. The number of phenolic OH excluding ortho intramolecular Hbond substituents is 1. The van der Waals surface area contributed by atoms with Gasteiger partial charge in [-0.05, 0) is 22.0 Å². The van der Waals surface area contributed by atoms with Crippen LogP contribution in [0.1, 0.15) is 5.56 Å². The summed E-state index contributed by atoms with van der Waals surface area (Å²) in [6.45, 7) is -0.460. The lowest BCUT2D eigenvalue weighted by Gasteiger charge is -2.05. The van der Waals surface area contributed by atoms with Gasteiger partial charge < -0.3 is 15.3 Å². The first-order chi connectivity index (χ1) is 5.57. The number of rotatable bonds is 1. The van der Waals surface area contributed by atoms with E-state index in [2.05, 4.69) is 15.9 Å². The molecule has 0 aromatic heterocycles. The van der Waals surface area contributed by atoms with Crippen molar-refractivity contribution in [1.29, 1.82) is 0 Å². The molecule has 0 aliphatic carbocycles. The number of aromatic hydroxyl groups is 2. The third-order valence-corrected chi connectivity index (χ3v) is 1.99. The smallest absolute Gasteiger partial charge is 0.195 e. The summed E-state index contributed by atoms with van der Waals surface area (Å²) in [7, 11) is 0. The van der Waals surface area contributed by atoms with Gasteiger partial charge in [0.25, 0.3) is 0 Å². The van der Waals surface area contributed by atoms with Crippen LogP contribution in [0.5, 0.6) is 11.5 Å². The molecule has 12 heavy (non-hydrogen) atoms. The van der Waals surface area contributed by atoms with E-state index in [-0.39, 0.29) is 10.0 Å². The Bertz CT molecular complexity index is 314. The summed E-state index contributed by atoms with van der Waals surface area (Å²) in [5.74, 6) is -2.42. The molecule has 0 saturated carbocycles. The van der Waals surface area contributed by atoms with Crippen molar-refractivity contribution < 1.29 is 19.7 Å². The molecule has 0 aliphatic rings. The molecule has 1 rings (SSSR count). The number of phenols is 2. The van der Waals surface area contributed by atoms with Crippen molar-refractivity contribution in [2.45, 2.75) is 6.61 Å². The van der Waals surface area contributed by atoms with Gasteiger partial charge in [0.2, 0.25) is 0 Å². The van der Waals surface area contributed by atoms with Crippen LogP contribution in [0.25, 0.3) is 0 Å². The molecule has 0 radical (unpaired) electrons. The number of hydrogen-bond acceptors (Lipinski definition) is 3. The maximum absolute atomic E-state index is 12.8. The van der Waals surface area contributed by atoms with Gasteiger partial charge in [0.05, 0.1) is 11.1 Å². The van der Waals surface area contributed by atoms with Gasteiger partial charge in [-0.3, -0.25) is 0 Å². The van der Waals surface area contributed by atoms with E-state index in [1.807, 2.05) is 0 Å². The molecule has 1 aromatic rings. The van der Waals surface area contributed by atoms with E-state index in [0.29, 0.717) is 0 Å². The fourth-order valence-electron chi connectivity index (χ4n) is 0.774. The molecule has 0 bridgehead atoms. The quantitative estimate of drug-likeness (QED) is 0.648. The highest BCUT2D eigenvalue weighted by Gasteiger charge is 2.14. The summed E-state index contributed by atoms with van der Waals surface area (Å²) in [5.41, 5.74) is 0.0702. The van der Waals surface area contributed by atoms with Crippen LogP contribution in [-0.2, 0) is 6.61 Å². The third kappa shape index (κ3) is 1.37. The van der Waals surface area contributed by atoms with Gasteiger partial charge in [-0.15, -0.1) is 0 Å². The normalized spacial score (nSPS) is 10.2. The minimum absolute atomic E-state index is 0.00171. The molecule has 0 unspecified atom stereocenters. The Morgan fingerprint density at radius 3 is 2.42 bits per heavy atom. The van der Waals surface area contributed by atoms with Gasteiger partial charge in [0.1, 0.15) is 0 Å². The van der Waals surface area contributed by atoms with Gasteiger partial charge in [0, 0.05) is 5.56 Å². The van der Waals surface area contributed by atoms with Crippen LogP contribution in [-0.4, -0.2) is 15.3 Å². The van der Waals surface area contributed by atoms with Crippen molar-refractivity contribution in [3.63, 3.8) is 0 Å². The Labute approximate surface area is 76.2 Å². The van der Waals surface area contributed by atoms with Crippen LogP contribution in [0.2, 0.25) is 0 Å². The van der Waals surface area contributed by atoms with Crippen LogP contribution >= 0.6 is 15.9 Å². The third-order valence-electron chi connectivity index (χ3n) is 1.42. The van der Waals surface area contributed by atoms with Crippen LogP contribution in [0.15, 0.2) is 10.5 Å². The Kier molecular flexibility index (Phi) is 2.54. The average Bonchev–Trinajstić information content (AvgIpc) is 2.08. The monoisotopic (exact) mass is 236 g/mol. The molecule has 0 atom stereocenters. The predicted molar refractivity (Wildman–Crippen MR) is 43.4 cm³/mol. The molecule has 0 aliphatic heterocycles. The largest absolute Gasteiger partial charge is 0.504 e. The molecule has 1 aromatic carbocycles. The highest BCUT2D eigenvalue weighted by molar-refractivity contribution is 9.10. The second kappa shape index (κ2) is 3.28. The fourth-order valence-corrected chi connectivity index (χ4v) is 1.24. The first-order valence-electron chi connectivity index (χ1n) is 3.07. The molecule has 0 saturated heterocycles. The lowest BCUT2D eigenvalue weighted by molar-refractivity contribution is 0.271.